The number of esters is 1. The van der Waals surface area contributed by atoms with Crippen LogP contribution in [0.4, 0.5) is 0 Å². The lowest BCUT2D eigenvalue weighted by Gasteiger charge is -2.10. The van der Waals surface area contributed by atoms with E-state index in [1.54, 1.807) is 6.92 Å². The zero-order valence-electron chi connectivity index (χ0n) is 9.27. The van der Waals surface area contributed by atoms with Crippen molar-refractivity contribution in [2.45, 2.75) is 19.8 Å². The molecule has 1 atom stereocenters. The molecule has 2 rings (SSSR count). The van der Waals surface area contributed by atoms with Gasteiger partial charge in [0, 0.05) is 0 Å². The SMILES string of the molecule is CCOC(=O)C(C)c1ccc2ocnc2c1. The van der Waals surface area contributed by atoms with Crippen molar-refractivity contribution in [3.63, 3.8) is 0 Å². The number of benzene rings is 1. The minimum atomic E-state index is -0.277. The number of carbonyl (C=O) groups is 1. The lowest BCUT2D eigenvalue weighted by molar-refractivity contribution is -0.144. The van der Waals surface area contributed by atoms with Gasteiger partial charge in [-0.05, 0) is 31.5 Å². The third-order valence-electron chi connectivity index (χ3n) is 2.49. The summed E-state index contributed by atoms with van der Waals surface area (Å²) in [6.07, 6.45) is 1.39. The Morgan fingerprint density at radius 3 is 3.12 bits per heavy atom. The quantitative estimate of drug-likeness (QED) is 0.744. The third-order valence-corrected chi connectivity index (χ3v) is 2.49. The normalized spacial score (nSPS) is 12.6. The number of ether oxygens (including phenoxy) is 1. The molecule has 0 aliphatic heterocycles. The van der Waals surface area contributed by atoms with Gasteiger partial charge in [0.05, 0.1) is 12.5 Å². The van der Waals surface area contributed by atoms with Gasteiger partial charge in [-0.3, -0.25) is 4.79 Å². The summed E-state index contributed by atoms with van der Waals surface area (Å²) in [6, 6.07) is 5.52. The second kappa shape index (κ2) is 4.35. The average Bonchev–Trinajstić information content (AvgIpc) is 2.75. The van der Waals surface area contributed by atoms with E-state index < -0.39 is 0 Å². The van der Waals surface area contributed by atoms with Crippen LogP contribution in [-0.4, -0.2) is 17.6 Å². The molecule has 0 spiro atoms. The highest BCUT2D eigenvalue weighted by Crippen LogP contribution is 2.21. The standard InChI is InChI=1S/C12H13NO3/c1-3-15-12(14)8(2)9-4-5-11-10(6-9)13-7-16-11/h4-8H,3H2,1-2H3. The first-order valence-corrected chi connectivity index (χ1v) is 5.22. The Morgan fingerprint density at radius 1 is 1.56 bits per heavy atom. The fourth-order valence-electron chi connectivity index (χ4n) is 1.55. The van der Waals surface area contributed by atoms with Gasteiger partial charge in [0.1, 0.15) is 5.52 Å². The lowest BCUT2D eigenvalue weighted by atomic mass is 10.0. The van der Waals surface area contributed by atoms with Crippen molar-refractivity contribution in [2.75, 3.05) is 6.61 Å². The summed E-state index contributed by atoms with van der Waals surface area (Å²) in [6.45, 7) is 4.01. The molecule has 0 N–H and O–H groups in total. The molecule has 0 radical (unpaired) electrons. The largest absolute Gasteiger partial charge is 0.466 e. The summed E-state index contributed by atoms with van der Waals surface area (Å²) in [4.78, 5) is 15.6. The second-order valence-corrected chi connectivity index (χ2v) is 3.55. The molecule has 4 nitrogen and oxygen atoms in total. The molecule has 1 aromatic heterocycles. The van der Waals surface area contributed by atoms with Crippen LogP contribution in [0.15, 0.2) is 29.0 Å². The molecule has 0 fully saturated rings. The summed E-state index contributed by atoms with van der Waals surface area (Å²) in [5, 5.41) is 0. The molecule has 1 aromatic carbocycles. The number of aromatic nitrogens is 1. The van der Waals surface area contributed by atoms with Gasteiger partial charge in [-0.25, -0.2) is 4.98 Å². The van der Waals surface area contributed by atoms with Gasteiger partial charge in [0.2, 0.25) is 0 Å². The van der Waals surface area contributed by atoms with Crippen molar-refractivity contribution in [3.05, 3.63) is 30.2 Å². The van der Waals surface area contributed by atoms with Gasteiger partial charge in [-0.1, -0.05) is 6.07 Å². The minimum Gasteiger partial charge on any atom is -0.466 e. The second-order valence-electron chi connectivity index (χ2n) is 3.55. The maximum atomic E-state index is 11.6. The molecule has 16 heavy (non-hydrogen) atoms. The highest BCUT2D eigenvalue weighted by atomic mass is 16.5. The van der Waals surface area contributed by atoms with E-state index in [2.05, 4.69) is 4.98 Å². The lowest BCUT2D eigenvalue weighted by Crippen LogP contribution is -2.12. The van der Waals surface area contributed by atoms with Gasteiger partial charge in [0.25, 0.3) is 0 Å². The zero-order chi connectivity index (χ0) is 11.5. The molecule has 4 heteroatoms. The van der Waals surface area contributed by atoms with Crippen molar-refractivity contribution >= 4 is 17.1 Å². The summed E-state index contributed by atoms with van der Waals surface area (Å²) >= 11 is 0. The van der Waals surface area contributed by atoms with Gasteiger partial charge < -0.3 is 9.15 Å². The molecular formula is C12H13NO3. The third kappa shape index (κ3) is 1.91. The van der Waals surface area contributed by atoms with Crippen LogP contribution in [0.3, 0.4) is 0 Å². The van der Waals surface area contributed by atoms with Crippen LogP contribution in [0.25, 0.3) is 11.1 Å². The van der Waals surface area contributed by atoms with Crippen LogP contribution < -0.4 is 0 Å². The Balaban J connectivity index is 2.28. The molecule has 2 aromatic rings. The van der Waals surface area contributed by atoms with Crippen LogP contribution >= 0.6 is 0 Å². The van der Waals surface area contributed by atoms with Crippen LogP contribution in [0, 0.1) is 0 Å². The highest BCUT2D eigenvalue weighted by molar-refractivity contribution is 5.80. The molecule has 0 amide bonds. The number of rotatable bonds is 3. The first kappa shape index (κ1) is 10.7. The predicted molar refractivity (Wildman–Crippen MR) is 59.1 cm³/mol. The molecule has 0 aliphatic rings. The average molecular weight is 219 g/mol. The van der Waals surface area contributed by atoms with E-state index >= 15 is 0 Å². The van der Waals surface area contributed by atoms with E-state index in [-0.39, 0.29) is 11.9 Å². The predicted octanol–water partition coefficient (Wildman–Crippen LogP) is 2.49. The van der Waals surface area contributed by atoms with Crippen LogP contribution in [-0.2, 0) is 9.53 Å². The van der Waals surface area contributed by atoms with E-state index in [1.807, 2.05) is 25.1 Å². The Labute approximate surface area is 93.2 Å². The Morgan fingerprint density at radius 2 is 2.38 bits per heavy atom. The Kier molecular flexibility index (Phi) is 2.90. The molecule has 0 bridgehead atoms. The number of nitrogens with zero attached hydrogens (tertiary/aromatic N) is 1. The van der Waals surface area contributed by atoms with Crippen molar-refractivity contribution < 1.29 is 13.9 Å². The van der Waals surface area contributed by atoms with Crippen molar-refractivity contribution in [1.29, 1.82) is 0 Å². The monoisotopic (exact) mass is 219 g/mol. The molecule has 84 valence electrons. The molecule has 1 heterocycles. The van der Waals surface area contributed by atoms with Gasteiger partial charge >= 0.3 is 5.97 Å². The minimum absolute atomic E-state index is 0.217. The summed E-state index contributed by atoms with van der Waals surface area (Å²) in [5.74, 6) is -0.494. The van der Waals surface area contributed by atoms with Crippen molar-refractivity contribution in [2.24, 2.45) is 0 Å². The summed E-state index contributed by atoms with van der Waals surface area (Å²) in [7, 11) is 0. The molecular weight excluding hydrogens is 206 g/mol. The smallest absolute Gasteiger partial charge is 0.313 e. The van der Waals surface area contributed by atoms with E-state index in [4.69, 9.17) is 9.15 Å². The van der Waals surface area contributed by atoms with Crippen molar-refractivity contribution in [3.8, 4) is 0 Å². The van der Waals surface area contributed by atoms with Gasteiger partial charge in [-0.2, -0.15) is 0 Å². The number of hydrogen-bond donors (Lipinski definition) is 0. The number of hydrogen-bond acceptors (Lipinski definition) is 4. The van der Waals surface area contributed by atoms with E-state index in [0.29, 0.717) is 6.61 Å². The first-order valence-electron chi connectivity index (χ1n) is 5.22. The zero-order valence-corrected chi connectivity index (χ0v) is 9.27. The molecule has 0 saturated carbocycles. The maximum Gasteiger partial charge on any atom is 0.313 e. The fourth-order valence-corrected chi connectivity index (χ4v) is 1.55. The Bertz CT molecular complexity index is 504. The van der Waals surface area contributed by atoms with E-state index in [1.165, 1.54) is 6.39 Å². The molecule has 0 aliphatic carbocycles. The number of carbonyl (C=O) groups excluding carboxylic acids is 1. The Hall–Kier alpha value is -1.84. The number of oxazole rings is 1. The highest BCUT2D eigenvalue weighted by Gasteiger charge is 2.17. The van der Waals surface area contributed by atoms with Crippen LogP contribution in [0.2, 0.25) is 0 Å². The summed E-state index contributed by atoms with van der Waals surface area (Å²) < 4.78 is 10.1. The fraction of sp³-hybridized carbons (Fsp3) is 0.333. The van der Waals surface area contributed by atoms with Crippen LogP contribution in [0.1, 0.15) is 25.3 Å². The molecule has 0 saturated heterocycles. The van der Waals surface area contributed by atoms with Crippen LogP contribution in [0.5, 0.6) is 0 Å². The van der Waals surface area contributed by atoms with Gasteiger partial charge in [-0.15, -0.1) is 0 Å². The maximum absolute atomic E-state index is 11.6. The van der Waals surface area contributed by atoms with Gasteiger partial charge in [0.15, 0.2) is 12.0 Å². The summed E-state index contributed by atoms with van der Waals surface area (Å²) in [5.41, 5.74) is 2.37. The van der Waals surface area contributed by atoms with E-state index in [0.717, 1.165) is 16.7 Å². The number of fused-ring (bicyclic) bond motifs is 1. The van der Waals surface area contributed by atoms with E-state index in [9.17, 15) is 4.79 Å². The first-order chi connectivity index (χ1) is 7.72. The van der Waals surface area contributed by atoms with Crippen molar-refractivity contribution in [1.82, 2.24) is 4.98 Å². The molecule has 1 unspecified atom stereocenters. The topological polar surface area (TPSA) is 52.3 Å².